The summed E-state index contributed by atoms with van der Waals surface area (Å²) in [6.45, 7) is 13.6. The first-order valence-electron chi connectivity index (χ1n) is 6.07. The van der Waals surface area contributed by atoms with Crippen LogP contribution in [0.15, 0.2) is 12.2 Å². The van der Waals surface area contributed by atoms with Crippen molar-refractivity contribution in [3.63, 3.8) is 0 Å². The summed E-state index contributed by atoms with van der Waals surface area (Å²) in [6.07, 6.45) is 9.16. The molecule has 14 heavy (non-hydrogen) atoms. The van der Waals surface area contributed by atoms with E-state index in [0.29, 0.717) is 16.2 Å². The van der Waals surface area contributed by atoms with E-state index in [-0.39, 0.29) is 0 Å². The molecular formula is C14H26. The summed E-state index contributed by atoms with van der Waals surface area (Å²) in [5, 5.41) is 0. The summed E-state index contributed by atoms with van der Waals surface area (Å²) < 4.78 is 0. The fourth-order valence-corrected chi connectivity index (χ4v) is 2.94. The van der Waals surface area contributed by atoms with Gasteiger partial charge in [-0.05, 0) is 35.5 Å². The molecule has 0 amide bonds. The third kappa shape index (κ3) is 1.64. The van der Waals surface area contributed by atoms with Gasteiger partial charge in [-0.3, -0.25) is 0 Å². The van der Waals surface area contributed by atoms with E-state index in [1.807, 2.05) is 13.8 Å². The Morgan fingerprint density at radius 1 is 1.00 bits per heavy atom. The van der Waals surface area contributed by atoms with E-state index in [1.54, 1.807) is 0 Å². The van der Waals surface area contributed by atoms with Crippen molar-refractivity contribution in [1.29, 1.82) is 0 Å². The highest BCUT2D eigenvalue weighted by molar-refractivity contribution is 5.23. The molecule has 0 spiro atoms. The van der Waals surface area contributed by atoms with Crippen molar-refractivity contribution >= 4 is 0 Å². The average molecular weight is 194 g/mol. The molecule has 2 unspecified atom stereocenters. The summed E-state index contributed by atoms with van der Waals surface area (Å²) in [6, 6.07) is 0. The SMILES string of the molecule is CC.CC12C=CC(C(C)(C)C)(CC1)C2. The Bertz CT molecular complexity index is 231. The van der Waals surface area contributed by atoms with Gasteiger partial charge in [-0.2, -0.15) is 0 Å². The largest absolute Gasteiger partial charge is 0.0820 e. The van der Waals surface area contributed by atoms with Crippen molar-refractivity contribution in [1.82, 2.24) is 0 Å². The Morgan fingerprint density at radius 3 is 1.71 bits per heavy atom. The minimum atomic E-state index is 0.456. The van der Waals surface area contributed by atoms with Crippen molar-refractivity contribution in [3.8, 4) is 0 Å². The zero-order valence-electron chi connectivity index (χ0n) is 10.8. The summed E-state index contributed by atoms with van der Waals surface area (Å²) in [4.78, 5) is 0. The van der Waals surface area contributed by atoms with Gasteiger partial charge in [0, 0.05) is 0 Å². The van der Waals surface area contributed by atoms with Gasteiger partial charge < -0.3 is 0 Å². The van der Waals surface area contributed by atoms with Crippen molar-refractivity contribution in [2.45, 2.75) is 60.8 Å². The molecule has 0 heteroatoms. The van der Waals surface area contributed by atoms with Gasteiger partial charge in [0.15, 0.2) is 0 Å². The third-order valence-corrected chi connectivity index (χ3v) is 4.16. The maximum atomic E-state index is 2.50. The van der Waals surface area contributed by atoms with Gasteiger partial charge in [-0.25, -0.2) is 0 Å². The van der Waals surface area contributed by atoms with Crippen LogP contribution in [-0.4, -0.2) is 0 Å². The molecule has 1 saturated carbocycles. The quantitative estimate of drug-likeness (QED) is 0.486. The van der Waals surface area contributed by atoms with Gasteiger partial charge in [0.1, 0.15) is 0 Å². The van der Waals surface area contributed by atoms with E-state index in [1.165, 1.54) is 19.3 Å². The number of fused-ring (bicyclic) bond motifs is 2. The zero-order valence-corrected chi connectivity index (χ0v) is 10.8. The number of rotatable bonds is 0. The molecule has 2 atom stereocenters. The molecule has 0 radical (unpaired) electrons. The Kier molecular flexibility index (Phi) is 2.87. The Morgan fingerprint density at radius 2 is 1.57 bits per heavy atom. The van der Waals surface area contributed by atoms with Gasteiger partial charge in [0.25, 0.3) is 0 Å². The molecule has 0 aliphatic heterocycles. The smallest absolute Gasteiger partial charge is 0.00611 e. The highest BCUT2D eigenvalue weighted by atomic mass is 14.6. The monoisotopic (exact) mass is 194 g/mol. The summed E-state index contributed by atoms with van der Waals surface area (Å²) in [5.74, 6) is 0. The first-order valence-corrected chi connectivity index (χ1v) is 6.07. The van der Waals surface area contributed by atoms with Gasteiger partial charge in [-0.1, -0.05) is 53.7 Å². The van der Waals surface area contributed by atoms with Crippen LogP contribution in [0.4, 0.5) is 0 Å². The van der Waals surface area contributed by atoms with Gasteiger partial charge >= 0.3 is 0 Å². The van der Waals surface area contributed by atoms with E-state index in [0.717, 1.165) is 0 Å². The standard InChI is InChI=1S/C12H20.C2H6/c1-10(2,3)12-7-5-11(4,9-12)6-8-12;1-2/h5,7H,6,8-9H2,1-4H3;1-2H3. The van der Waals surface area contributed by atoms with Crippen LogP contribution in [0.1, 0.15) is 60.8 Å². The maximum Gasteiger partial charge on any atom is -0.00611 e. The minimum Gasteiger partial charge on any atom is -0.0820 e. The molecule has 0 saturated heterocycles. The van der Waals surface area contributed by atoms with Crippen LogP contribution in [-0.2, 0) is 0 Å². The second kappa shape index (κ2) is 3.40. The normalized spacial score (nSPS) is 39.6. The lowest BCUT2D eigenvalue weighted by atomic mass is 9.66. The van der Waals surface area contributed by atoms with Crippen molar-refractivity contribution < 1.29 is 0 Å². The van der Waals surface area contributed by atoms with E-state index in [9.17, 15) is 0 Å². The van der Waals surface area contributed by atoms with Crippen LogP contribution in [0.2, 0.25) is 0 Å². The predicted octanol–water partition coefficient (Wildman–Crippen LogP) is 4.81. The van der Waals surface area contributed by atoms with E-state index in [4.69, 9.17) is 0 Å². The van der Waals surface area contributed by atoms with Crippen LogP contribution in [0.5, 0.6) is 0 Å². The third-order valence-electron chi connectivity index (χ3n) is 4.16. The second-order valence-electron chi connectivity index (χ2n) is 6.07. The van der Waals surface area contributed by atoms with Gasteiger partial charge in [-0.15, -0.1) is 0 Å². The lowest BCUT2D eigenvalue weighted by molar-refractivity contribution is 0.153. The molecule has 0 aromatic heterocycles. The van der Waals surface area contributed by atoms with Crippen LogP contribution < -0.4 is 0 Å². The molecule has 0 heterocycles. The first kappa shape index (κ1) is 11.8. The first-order chi connectivity index (χ1) is 6.37. The van der Waals surface area contributed by atoms with Crippen LogP contribution in [0.3, 0.4) is 0 Å². The second-order valence-corrected chi connectivity index (χ2v) is 6.07. The molecule has 2 bridgehead atoms. The lowest BCUT2D eigenvalue weighted by Crippen LogP contribution is -2.29. The summed E-state index contributed by atoms with van der Waals surface area (Å²) in [5.41, 5.74) is 1.53. The Labute approximate surface area is 89.8 Å². The van der Waals surface area contributed by atoms with Gasteiger partial charge in [0.05, 0.1) is 0 Å². The van der Waals surface area contributed by atoms with Crippen LogP contribution in [0.25, 0.3) is 0 Å². The Hall–Kier alpha value is -0.260. The fourth-order valence-electron chi connectivity index (χ4n) is 2.94. The summed E-state index contributed by atoms with van der Waals surface area (Å²) >= 11 is 0. The molecule has 2 rings (SSSR count). The Balaban J connectivity index is 0.000000461. The molecule has 0 aromatic rings. The molecule has 0 nitrogen and oxygen atoms in total. The van der Waals surface area contributed by atoms with Gasteiger partial charge in [0.2, 0.25) is 0 Å². The van der Waals surface area contributed by atoms with Crippen molar-refractivity contribution in [2.24, 2.45) is 16.2 Å². The lowest BCUT2D eigenvalue weighted by Gasteiger charge is -2.38. The highest BCUT2D eigenvalue weighted by Crippen LogP contribution is 2.63. The maximum absolute atomic E-state index is 2.50. The molecule has 1 fully saturated rings. The van der Waals surface area contributed by atoms with Crippen LogP contribution >= 0.6 is 0 Å². The molecule has 2 aliphatic rings. The molecular weight excluding hydrogens is 168 g/mol. The van der Waals surface area contributed by atoms with E-state index < -0.39 is 0 Å². The minimum absolute atomic E-state index is 0.456. The average Bonchev–Trinajstić information content (AvgIpc) is 2.61. The number of hydrogen-bond acceptors (Lipinski definition) is 0. The van der Waals surface area contributed by atoms with Crippen molar-refractivity contribution in [3.05, 3.63) is 12.2 Å². The fraction of sp³-hybridized carbons (Fsp3) is 0.857. The summed E-state index contributed by atoms with van der Waals surface area (Å²) in [7, 11) is 0. The predicted molar refractivity (Wildman–Crippen MR) is 64.3 cm³/mol. The topological polar surface area (TPSA) is 0 Å². The van der Waals surface area contributed by atoms with E-state index in [2.05, 4.69) is 39.8 Å². The molecule has 0 N–H and O–H groups in total. The number of allylic oxidation sites excluding steroid dienone is 2. The molecule has 0 aromatic carbocycles. The number of hydrogen-bond donors (Lipinski definition) is 0. The highest BCUT2D eigenvalue weighted by Gasteiger charge is 2.53. The molecule has 82 valence electrons. The van der Waals surface area contributed by atoms with E-state index >= 15 is 0 Å². The van der Waals surface area contributed by atoms with Crippen LogP contribution in [0, 0.1) is 16.2 Å². The molecule has 2 aliphatic carbocycles. The van der Waals surface area contributed by atoms with Crippen molar-refractivity contribution in [2.75, 3.05) is 0 Å². The zero-order chi connectivity index (χ0) is 11.0.